The number of para-hydroxylation sites is 4. The fourth-order valence-electron chi connectivity index (χ4n) is 7.99. The highest BCUT2D eigenvalue weighted by Gasteiger charge is 2.39. The SMILES string of the molecule is C1=CC2c3ccc4c5ccccc5n(-c5cccc(-n6c7ccccc7c7ccccc76)c5)c4c3N(c3ccccc3)C2C=C1. The van der Waals surface area contributed by atoms with Crippen LogP contribution in [0.1, 0.15) is 11.5 Å². The van der Waals surface area contributed by atoms with E-state index in [-0.39, 0.29) is 6.04 Å². The van der Waals surface area contributed by atoms with Gasteiger partial charge in [0.15, 0.2) is 0 Å². The minimum absolute atomic E-state index is 0.230. The zero-order valence-corrected chi connectivity index (χ0v) is 24.6. The van der Waals surface area contributed by atoms with Gasteiger partial charge in [-0.3, -0.25) is 0 Å². The monoisotopic (exact) mass is 575 g/mol. The molecule has 3 heterocycles. The first-order valence-corrected chi connectivity index (χ1v) is 15.7. The highest BCUT2D eigenvalue weighted by atomic mass is 15.2. The van der Waals surface area contributed by atoms with Crippen LogP contribution in [0.3, 0.4) is 0 Å². The molecule has 1 aliphatic carbocycles. The van der Waals surface area contributed by atoms with Gasteiger partial charge in [-0.15, -0.1) is 0 Å². The zero-order valence-electron chi connectivity index (χ0n) is 24.6. The van der Waals surface area contributed by atoms with E-state index in [9.17, 15) is 0 Å². The molecule has 0 saturated heterocycles. The van der Waals surface area contributed by atoms with E-state index in [1.54, 1.807) is 0 Å². The molecular weight excluding hydrogens is 546 g/mol. The summed E-state index contributed by atoms with van der Waals surface area (Å²) >= 11 is 0. The Bertz CT molecular complexity index is 2460. The summed E-state index contributed by atoms with van der Waals surface area (Å²) in [6.07, 6.45) is 9.13. The number of nitrogens with zero attached hydrogens (tertiary/aromatic N) is 3. The molecule has 0 bridgehead atoms. The topological polar surface area (TPSA) is 13.1 Å². The number of benzene rings is 6. The van der Waals surface area contributed by atoms with Gasteiger partial charge in [-0.05, 0) is 54.1 Å². The van der Waals surface area contributed by atoms with E-state index in [0.717, 1.165) is 11.4 Å². The standard InChI is InChI=1S/C42H29N3/c1-2-13-28(14-3-1)44-39-23-10-6-19-33(39)35-25-26-36-34-20-7-11-24-40(34)45(42(36)41(35)44)30-16-12-15-29(27-30)43-37-21-8-4-17-31(37)32-18-5-9-22-38(32)43/h1-27,33,39H. The lowest BCUT2D eigenvalue weighted by Crippen LogP contribution is -2.28. The molecule has 212 valence electrons. The first-order valence-electron chi connectivity index (χ1n) is 15.7. The maximum absolute atomic E-state index is 2.56. The van der Waals surface area contributed by atoms with Crippen molar-refractivity contribution >= 4 is 55.0 Å². The van der Waals surface area contributed by atoms with Gasteiger partial charge in [-0.2, -0.15) is 0 Å². The van der Waals surface area contributed by atoms with Gasteiger partial charge in [0.1, 0.15) is 0 Å². The van der Waals surface area contributed by atoms with Crippen LogP contribution in [0.2, 0.25) is 0 Å². The molecule has 3 nitrogen and oxygen atoms in total. The summed E-state index contributed by atoms with van der Waals surface area (Å²) in [6.45, 7) is 0. The molecule has 8 aromatic rings. The molecule has 3 heteroatoms. The van der Waals surface area contributed by atoms with Gasteiger partial charge in [0, 0.05) is 44.5 Å². The van der Waals surface area contributed by atoms with E-state index in [1.165, 1.54) is 60.5 Å². The minimum atomic E-state index is 0.230. The summed E-state index contributed by atoms with van der Waals surface area (Å²) in [7, 11) is 0. The van der Waals surface area contributed by atoms with Crippen molar-refractivity contribution < 1.29 is 0 Å². The molecule has 0 fully saturated rings. The predicted octanol–water partition coefficient (Wildman–Crippen LogP) is 10.6. The quantitative estimate of drug-likeness (QED) is 0.204. The van der Waals surface area contributed by atoms with Crippen LogP contribution >= 0.6 is 0 Å². The van der Waals surface area contributed by atoms with Crippen molar-refractivity contribution in [3.8, 4) is 11.4 Å². The zero-order chi connectivity index (χ0) is 29.5. The lowest BCUT2D eigenvalue weighted by Gasteiger charge is -2.29. The number of fused-ring (bicyclic) bond motifs is 10. The number of rotatable bonds is 3. The molecule has 2 atom stereocenters. The molecule has 6 aromatic carbocycles. The molecule has 1 aliphatic heterocycles. The van der Waals surface area contributed by atoms with Crippen LogP contribution in [-0.4, -0.2) is 15.2 Å². The molecule has 0 N–H and O–H groups in total. The van der Waals surface area contributed by atoms with Crippen LogP contribution in [0, 0.1) is 0 Å². The van der Waals surface area contributed by atoms with E-state index < -0.39 is 0 Å². The lowest BCUT2D eigenvalue weighted by atomic mass is 9.91. The molecule has 2 aromatic heterocycles. The Morgan fingerprint density at radius 1 is 0.422 bits per heavy atom. The summed E-state index contributed by atoms with van der Waals surface area (Å²) in [5.41, 5.74) is 11.1. The lowest BCUT2D eigenvalue weighted by molar-refractivity contribution is 0.745. The average molecular weight is 576 g/mol. The van der Waals surface area contributed by atoms with Crippen LogP contribution in [-0.2, 0) is 0 Å². The van der Waals surface area contributed by atoms with Gasteiger partial charge in [0.05, 0.1) is 33.8 Å². The summed E-state index contributed by atoms with van der Waals surface area (Å²) < 4.78 is 4.91. The third-order valence-electron chi connectivity index (χ3n) is 9.81. The van der Waals surface area contributed by atoms with Crippen molar-refractivity contribution in [2.24, 2.45) is 0 Å². The Balaban J connectivity index is 1.29. The van der Waals surface area contributed by atoms with Gasteiger partial charge >= 0.3 is 0 Å². The fraction of sp³-hybridized carbons (Fsp3) is 0.0476. The summed E-state index contributed by atoms with van der Waals surface area (Å²) in [6, 6.07) is 51.2. The normalized spacial score (nSPS) is 17.1. The van der Waals surface area contributed by atoms with E-state index in [1.807, 2.05) is 0 Å². The molecule has 2 aliphatic rings. The Kier molecular flexibility index (Phi) is 5.11. The van der Waals surface area contributed by atoms with Gasteiger partial charge in [0.25, 0.3) is 0 Å². The van der Waals surface area contributed by atoms with Crippen LogP contribution in [0.4, 0.5) is 11.4 Å². The maximum Gasteiger partial charge on any atom is 0.0782 e. The Labute approximate surface area is 261 Å². The number of hydrogen-bond donors (Lipinski definition) is 0. The second-order valence-corrected chi connectivity index (χ2v) is 12.1. The Morgan fingerprint density at radius 2 is 0.978 bits per heavy atom. The summed E-state index contributed by atoms with van der Waals surface area (Å²) in [4.78, 5) is 2.56. The van der Waals surface area contributed by atoms with Gasteiger partial charge < -0.3 is 14.0 Å². The fourth-order valence-corrected chi connectivity index (χ4v) is 7.99. The van der Waals surface area contributed by atoms with Crippen LogP contribution in [0.15, 0.2) is 164 Å². The first kappa shape index (κ1) is 24.6. The molecule has 0 saturated carbocycles. The molecule has 0 spiro atoms. The molecule has 10 rings (SSSR count). The van der Waals surface area contributed by atoms with E-state index in [2.05, 4.69) is 178 Å². The van der Waals surface area contributed by atoms with Gasteiger partial charge in [-0.1, -0.05) is 115 Å². The maximum atomic E-state index is 2.56. The predicted molar refractivity (Wildman–Crippen MR) is 189 cm³/mol. The molecule has 0 radical (unpaired) electrons. The number of hydrogen-bond acceptors (Lipinski definition) is 1. The highest BCUT2D eigenvalue weighted by Crippen LogP contribution is 2.52. The molecular formula is C42H29N3. The van der Waals surface area contributed by atoms with Crippen molar-refractivity contribution in [3.63, 3.8) is 0 Å². The first-order chi connectivity index (χ1) is 22.4. The van der Waals surface area contributed by atoms with E-state index in [4.69, 9.17) is 0 Å². The third kappa shape index (κ3) is 3.41. The van der Waals surface area contributed by atoms with Gasteiger partial charge in [-0.25, -0.2) is 0 Å². The van der Waals surface area contributed by atoms with E-state index in [0.29, 0.717) is 5.92 Å². The second kappa shape index (κ2) is 9.35. The number of allylic oxidation sites excluding steroid dienone is 2. The Morgan fingerprint density at radius 3 is 1.69 bits per heavy atom. The molecule has 0 amide bonds. The van der Waals surface area contributed by atoms with Crippen molar-refractivity contribution in [2.75, 3.05) is 4.90 Å². The largest absolute Gasteiger partial charge is 0.332 e. The molecule has 2 unspecified atom stereocenters. The van der Waals surface area contributed by atoms with Gasteiger partial charge in [0.2, 0.25) is 0 Å². The Hall–Kier alpha value is -5.80. The molecule has 45 heavy (non-hydrogen) atoms. The second-order valence-electron chi connectivity index (χ2n) is 12.1. The minimum Gasteiger partial charge on any atom is -0.332 e. The average Bonchev–Trinajstić information content (AvgIpc) is 3.75. The number of aromatic nitrogens is 2. The van der Waals surface area contributed by atoms with Crippen molar-refractivity contribution in [1.29, 1.82) is 0 Å². The van der Waals surface area contributed by atoms with Crippen molar-refractivity contribution in [1.82, 2.24) is 9.13 Å². The smallest absolute Gasteiger partial charge is 0.0782 e. The van der Waals surface area contributed by atoms with Crippen molar-refractivity contribution in [2.45, 2.75) is 12.0 Å². The highest BCUT2D eigenvalue weighted by molar-refractivity contribution is 6.15. The van der Waals surface area contributed by atoms with Crippen LogP contribution < -0.4 is 4.90 Å². The summed E-state index contributed by atoms with van der Waals surface area (Å²) in [5, 5.41) is 5.09. The van der Waals surface area contributed by atoms with E-state index >= 15 is 0 Å². The number of anilines is 2. The third-order valence-corrected chi connectivity index (χ3v) is 9.81. The summed E-state index contributed by atoms with van der Waals surface area (Å²) in [5.74, 6) is 0.296. The van der Waals surface area contributed by atoms with Crippen LogP contribution in [0.5, 0.6) is 0 Å². The van der Waals surface area contributed by atoms with Crippen molar-refractivity contribution in [3.05, 3.63) is 169 Å². The van der Waals surface area contributed by atoms with Crippen LogP contribution in [0.25, 0.3) is 55.0 Å².